The standard InChI is InChI=1S/C9H10F3NO3/c10-9(11,12)2-3-13-5-7-6(8(14)15)1-4-16-7/h1,4,13H,2-3,5H2,(H,14,15). The quantitative estimate of drug-likeness (QED) is 0.769. The summed E-state index contributed by atoms with van der Waals surface area (Å²) < 4.78 is 40.1. The molecule has 0 aliphatic carbocycles. The zero-order valence-electron chi connectivity index (χ0n) is 8.17. The van der Waals surface area contributed by atoms with E-state index in [9.17, 15) is 18.0 Å². The van der Waals surface area contributed by atoms with Crippen molar-refractivity contribution in [3.8, 4) is 0 Å². The second-order valence-electron chi connectivity index (χ2n) is 3.10. The maximum Gasteiger partial charge on any atom is 0.390 e. The van der Waals surface area contributed by atoms with E-state index in [2.05, 4.69) is 5.32 Å². The first-order chi connectivity index (χ1) is 7.40. The molecule has 0 unspecified atom stereocenters. The molecular weight excluding hydrogens is 227 g/mol. The largest absolute Gasteiger partial charge is 0.478 e. The minimum Gasteiger partial charge on any atom is -0.478 e. The first kappa shape index (κ1) is 12.6. The number of furan rings is 1. The molecular formula is C9H10F3NO3. The van der Waals surface area contributed by atoms with Crippen molar-refractivity contribution in [2.45, 2.75) is 19.1 Å². The van der Waals surface area contributed by atoms with Gasteiger partial charge in [-0.2, -0.15) is 13.2 Å². The lowest BCUT2D eigenvalue weighted by molar-refractivity contribution is -0.133. The van der Waals surface area contributed by atoms with E-state index in [1.54, 1.807) is 0 Å². The van der Waals surface area contributed by atoms with Crippen LogP contribution in [0, 0.1) is 0 Å². The highest BCUT2D eigenvalue weighted by Gasteiger charge is 2.26. The van der Waals surface area contributed by atoms with Crippen molar-refractivity contribution in [2.75, 3.05) is 6.54 Å². The van der Waals surface area contributed by atoms with Crippen LogP contribution in [-0.4, -0.2) is 23.8 Å². The lowest BCUT2D eigenvalue weighted by Crippen LogP contribution is -2.21. The molecule has 0 radical (unpaired) electrons. The molecule has 0 saturated heterocycles. The van der Waals surface area contributed by atoms with Crippen LogP contribution in [0.25, 0.3) is 0 Å². The van der Waals surface area contributed by atoms with Gasteiger partial charge in [-0.3, -0.25) is 0 Å². The number of carboxylic acids is 1. The number of nitrogens with one attached hydrogen (secondary N) is 1. The molecule has 16 heavy (non-hydrogen) atoms. The second-order valence-corrected chi connectivity index (χ2v) is 3.10. The summed E-state index contributed by atoms with van der Waals surface area (Å²) in [5.74, 6) is -1.05. The van der Waals surface area contributed by atoms with Gasteiger partial charge >= 0.3 is 12.1 Å². The lowest BCUT2D eigenvalue weighted by atomic mass is 10.2. The summed E-state index contributed by atoms with van der Waals surface area (Å²) in [7, 11) is 0. The Hall–Kier alpha value is -1.50. The van der Waals surface area contributed by atoms with Crippen LogP contribution < -0.4 is 5.32 Å². The van der Waals surface area contributed by atoms with E-state index in [-0.39, 0.29) is 24.4 Å². The second kappa shape index (κ2) is 5.02. The molecule has 1 rings (SSSR count). The van der Waals surface area contributed by atoms with Crippen LogP contribution in [-0.2, 0) is 6.54 Å². The summed E-state index contributed by atoms with van der Waals surface area (Å²) in [5.41, 5.74) is -0.0421. The first-order valence-electron chi connectivity index (χ1n) is 4.47. The molecule has 0 aliphatic rings. The minimum atomic E-state index is -4.22. The van der Waals surface area contributed by atoms with Crippen LogP contribution in [0.3, 0.4) is 0 Å². The van der Waals surface area contributed by atoms with E-state index in [1.807, 2.05) is 0 Å². The van der Waals surface area contributed by atoms with E-state index in [4.69, 9.17) is 9.52 Å². The summed E-state index contributed by atoms with van der Waals surface area (Å²) in [4.78, 5) is 10.6. The van der Waals surface area contributed by atoms with Crippen molar-refractivity contribution in [2.24, 2.45) is 0 Å². The number of alkyl halides is 3. The zero-order valence-corrected chi connectivity index (χ0v) is 8.17. The lowest BCUT2D eigenvalue weighted by Gasteiger charge is -2.06. The Bertz CT molecular complexity index is 359. The maximum absolute atomic E-state index is 11.8. The Morgan fingerprint density at radius 1 is 1.50 bits per heavy atom. The Labute approximate surface area is 89.1 Å². The molecule has 1 aromatic heterocycles. The fraction of sp³-hybridized carbons (Fsp3) is 0.444. The highest BCUT2D eigenvalue weighted by molar-refractivity contribution is 5.88. The van der Waals surface area contributed by atoms with Crippen LogP contribution in [0.2, 0.25) is 0 Å². The van der Waals surface area contributed by atoms with Gasteiger partial charge < -0.3 is 14.8 Å². The van der Waals surface area contributed by atoms with Gasteiger partial charge in [-0.25, -0.2) is 4.79 Å². The van der Waals surface area contributed by atoms with Gasteiger partial charge in [0.25, 0.3) is 0 Å². The predicted molar refractivity (Wildman–Crippen MR) is 48.0 cm³/mol. The molecule has 0 bridgehead atoms. The summed E-state index contributed by atoms with van der Waals surface area (Å²) in [6.07, 6.45) is -3.99. The Morgan fingerprint density at radius 3 is 2.75 bits per heavy atom. The summed E-state index contributed by atoms with van der Waals surface area (Å²) in [5, 5.41) is 11.1. The minimum absolute atomic E-state index is 0.0370. The van der Waals surface area contributed by atoms with E-state index in [0.29, 0.717) is 0 Å². The van der Waals surface area contributed by atoms with Crippen LogP contribution >= 0.6 is 0 Å². The average Bonchev–Trinajstić information content (AvgIpc) is 2.58. The smallest absolute Gasteiger partial charge is 0.390 e. The van der Waals surface area contributed by atoms with Crippen molar-refractivity contribution >= 4 is 5.97 Å². The van der Waals surface area contributed by atoms with Gasteiger partial charge in [0.15, 0.2) is 0 Å². The number of aromatic carboxylic acids is 1. The van der Waals surface area contributed by atoms with Gasteiger partial charge in [-0.15, -0.1) is 0 Å². The average molecular weight is 237 g/mol. The Morgan fingerprint density at radius 2 is 2.19 bits per heavy atom. The van der Waals surface area contributed by atoms with Crippen molar-refractivity contribution < 1.29 is 27.5 Å². The molecule has 1 aromatic rings. The first-order valence-corrected chi connectivity index (χ1v) is 4.47. The highest BCUT2D eigenvalue weighted by Crippen LogP contribution is 2.18. The van der Waals surface area contributed by atoms with Crippen LogP contribution in [0.5, 0.6) is 0 Å². The fourth-order valence-corrected chi connectivity index (χ4v) is 1.10. The van der Waals surface area contributed by atoms with Gasteiger partial charge in [0.1, 0.15) is 11.3 Å². The topological polar surface area (TPSA) is 62.5 Å². The van der Waals surface area contributed by atoms with Crippen LogP contribution in [0.4, 0.5) is 13.2 Å². The SMILES string of the molecule is O=C(O)c1ccoc1CNCCC(F)(F)F. The number of carbonyl (C=O) groups is 1. The molecule has 90 valence electrons. The summed E-state index contributed by atoms with van der Waals surface area (Å²) in [6, 6.07) is 1.25. The molecule has 0 fully saturated rings. The molecule has 2 N–H and O–H groups in total. The molecule has 7 heteroatoms. The molecule has 0 atom stereocenters. The number of hydrogen-bond donors (Lipinski definition) is 2. The molecule has 4 nitrogen and oxygen atoms in total. The van der Waals surface area contributed by atoms with Gasteiger partial charge in [-0.05, 0) is 6.07 Å². The van der Waals surface area contributed by atoms with Crippen molar-refractivity contribution in [3.63, 3.8) is 0 Å². The van der Waals surface area contributed by atoms with Gasteiger partial charge in [0.2, 0.25) is 0 Å². The Balaban J connectivity index is 2.38. The highest BCUT2D eigenvalue weighted by atomic mass is 19.4. The predicted octanol–water partition coefficient (Wildman–Crippen LogP) is 2.02. The van der Waals surface area contributed by atoms with Crippen molar-refractivity contribution in [1.29, 1.82) is 0 Å². The maximum atomic E-state index is 11.8. The fourth-order valence-electron chi connectivity index (χ4n) is 1.10. The molecule has 0 aliphatic heterocycles. The molecule has 0 amide bonds. The van der Waals surface area contributed by atoms with Gasteiger partial charge in [0, 0.05) is 6.54 Å². The summed E-state index contributed by atoms with van der Waals surface area (Å²) >= 11 is 0. The third-order valence-electron chi connectivity index (χ3n) is 1.85. The number of halogens is 3. The van der Waals surface area contributed by atoms with E-state index < -0.39 is 18.6 Å². The number of rotatable bonds is 5. The van der Waals surface area contributed by atoms with Gasteiger partial charge in [0.05, 0.1) is 19.2 Å². The summed E-state index contributed by atoms with van der Waals surface area (Å²) in [6.45, 7) is -0.312. The van der Waals surface area contributed by atoms with Crippen LogP contribution in [0.1, 0.15) is 22.5 Å². The van der Waals surface area contributed by atoms with Crippen molar-refractivity contribution in [3.05, 3.63) is 23.7 Å². The van der Waals surface area contributed by atoms with Crippen molar-refractivity contribution in [1.82, 2.24) is 5.32 Å². The normalized spacial score (nSPS) is 11.7. The van der Waals surface area contributed by atoms with Crippen LogP contribution in [0.15, 0.2) is 16.7 Å². The van der Waals surface area contributed by atoms with Gasteiger partial charge in [-0.1, -0.05) is 0 Å². The molecule has 1 heterocycles. The third kappa shape index (κ3) is 3.93. The molecule has 0 aromatic carbocycles. The third-order valence-corrected chi connectivity index (χ3v) is 1.85. The monoisotopic (exact) mass is 237 g/mol. The number of carboxylic acid groups (broad SMARTS) is 1. The Kier molecular flexibility index (Phi) is 3.94. The zero-order chi connectivity index (χ0) is 12.2. The molecule has 0 saturated carbocycles. The van der Waals surface area contributed by atoms with E-state index in [1.165, 1.54) is 12.3 Å². The number of hydrogen-bond acceptors (Lipinski definition) is 3. The van der Waals surface area contributed by atoms with E-state index in [0.717, 1.165) is 0 Å². The molecule has 0 spiro atoms. The van der Waals surface area contributed by atoms with E-state index >= 15 is 0 Å².